The van der Waals surface area contributed by atoms with E-state index in [1.54, 1.807) is 4.90 Å². The van der Waals surface area contributed by atoms with E-state index in [2.05, 4.69) is 12.1 Å². The van der Waals surface area contributed by atoms with E-state index in [4.69, 9.17) is 14.5 Å². The standard InChI is InChI=1S/C26H22N2O3S/c29-25-24(18-20-11-12-22-23(17-20)31-16-15-30-22)32-26(28(25)21-9-5-2-6-10-21)27-14-13-19-7-3-1-4-8-19/h1-12,17-18H,13-16H2. The number of rotatable bonds is 5. The number of para-hydroxylation sites is 1. The number of amides is 1. The summed E-state index contributed by atoms with van der Waals surface area (Å²) in [6.45, 7) is 1.69. The minimum absolute atomic E-state index is 0.0745. The molecule has 5 nitrogen and oxygen atoms in total. The van der Waals surface area contributed by atoms with Crippen molar-refractivity contribution in [2.45, 2.75) is 6.42 Å². The second kappa shape index (κ2) is 9.32. The molecule has 2 aliphatic heterocycles. The molecule has 0 bridgehead atoms. The van der Waals surface area contributed by atoms with Gasteiger partial charge in [-0.15, -0.1) is 0 Å². The van der Waals surface area contributed by atoms with Gasteiger partial charge in [0.05, 0.1) is 10.6 Å². The highest BCUT2D eigenvalue weighted by atomic mass is 32.2. The van der Waals surface area contributed by atoms with Crippen molar-refractivity contribution in [1.29, 1.82) is 0 Å². The smallest absolute Gasteiger partial charge is 0.271 e. The molecule has 0 unspecified atom stereocenters. The van der Waals surface area contributed by atoms with Crippen LogP contribution in [0.5, 0.6) is 11.5 Å². The average Bonchev–Trinajstić information content (AvgIpc) is 3.15. The summed E-state index contributed by atoms with van der Waals surface area (Å²) >= 11 is 1.40. The number of thioether (sulfide) groups is 1. The first-order valence-corrected chi connectivity index (χ1v) is 11.4. The molecule has 3 aromatic rings. The first-order chi connectivity index (χ1) is 15.8. The Kier molecular flexibility index (Phi) is 5.94. The van der Waals surface area contributed by atoms with Crippen LogP contribution in [0.15, 0.2) is 88.8 Å². The monoisotopic (exact) mass is 442 g/mol. The molecule has 32 heavy (non-hydrogen) atoms. The molecule has 0 spiro atoms. The highest BCUT2D eigenvalue weighted by Crippen LogP contribution is 2.37. The molecular weight excluding hydrogens is 420 g/mol. The largest absolute Gasteiger partial charge is 0.486 e. The summed E-state index contributed by atoms with van der Waals surface area (Å²) in [4.78, 5) is 20.5. The summed E-state index contributed by atoms with van der Waals surface area (Å²) in [6, 6.07) is 25.6. The quantitative estimate of drug-likeness (QED) is 0.511. The zero-order valence-electron chi connectivity index (χ0n) is 17.4. The van der Waals surface area contributed by atoms with Crippen LogP contribution in [0.4, 0.5) is 5.69 Å². The first kappa shape index (κ1) is 20.4. The van der Waals surface area contributed by atoms with E-state index in [0.717, 1.165) is 23.4 Å². The molecule has 6 heteroatoms. The molecule has 160 valence electrons. The van der Waals surface area contributed by atoms with E-state index in [-0.39, 0.29) is 5.91 Å². The minimum Gasteiger partial charge on any atom is -0.486 e. The van der Waals surface area contributed by atoms with Crippen LogP contribution in [0.25, 0.3) is 6.08 Å². The number of benzene rings is 3. The number of anilines is 1. The Bertz CT molecular complexity index is 1180. The molecule has 1 amide bonds. The van der Waals surface area contributed by atoms with E-state index in [9.17, 15) is 4.79 Å². The Morgan fingerprint density at radius 1 is 0.906 bits per heavy atom. The van der Waals surface area contributed by atoms with Crippen molar-refractivity contribution in [3.8, 4) is 11.5 Å². The Balaban J connectivity index is 1.42. The van der Waals surface area contributed by atoms with Gasteiger partial charge in [-0.05, 0) is 59.7 Å². The molecule has 0 N–H and O–H groups in total. The van der Waals surface area contributed by atoms with Gasteiger partial charge in [0.15, 0.2) is 16.7 Å². The molecule has 1 saturated heterocycles. The van der Waals surface area contributed by atoms with Gasteiger partial charge in [-0.1, -0.05) is 54.6 Å². The van der Waals surface area contributed by atoms with Gasteiger partial charge in [0.25, 0.3) is 5.91 Å². The molecule has 1 fully saturated rings. The van der Waals surface area contributed by atoms with E-state index in [0.29, 0.717) is 35.6 Å². The molecule has 0 aromatic heterocycles. The summed E-state index contributed by atoms with van der Waals surface area (Å²) in [7, 11) is 0. The van der Waals surface area contributed by atoms with Crippen molar-refractivity contribution < 1.29 is 14.3 Å². The number of hydrogen-bond donors (Lipinski definition) is 0. The average molecular weight is 443 g/mol. The van der Waals surface area contributed by atoms with Crippen LogP contribution in [-0.2, 0) is 11.2 Å². The fraction of sp³-hybridized carbons (Fsp3) is 0.154. The van der Waals surface area contributed by atoms with Crippen LogP contribution >= 0.6 is 11.8 Å². The summed E-state index contributed by atoms with van der Waals surface area (Å²) in [5.74, 6) is 1.37. The molecule has 0 radical (unpaired) electrons. The molecular formula is C26H22N2O3S. The lowest BCUT2D eigenvalue weighted by Gasteiger charge is -2.18. The van der Waals surface area contributed by atoms with E-state index >= 15 is 0 Å². The predicted molar refractivity (Wildman–Crippen MR) is 129 cm³/mol. The van der Waals surface area contributed by atoms with E-state index < -0.39 is 0 Å². The van der Waals surface area contributed by atoms with Gasteiger partial charge in [0.1, 0.15) is 13.2 Å². The van der Waals surface area contributed by atoms with Crippen LogP contribution < -0.4 is 14.4 Å². The molecule has 2 aliphatic rings. The van der Waals surface area contributed by atoms with Gasteiger partial charge >= 0.3 is 0 Å². The number of nitrogens with zero attached hydrogens (tertiary/aromatic N) is 2. The molecule has 0 aliphatic carbocycles. The molecule has 3 aromatic carbocycles. The third-order valence-electron chi connectivity index (χ3n) is 5.18. The summed E-state index contributed by atoms with van der Waals surface area (Å²) < 4.78 is 11.3. The maximum Gasteiger partial charge on any atom is 0.271 e. The third kappa shape index (κ3) is 4.41. The normalized spacial score (nSPS) is 17.9. The zero-order valence-corrected chi connectivity index (χ0v) is 18.3. The topological polar surface area (TPSA) is 51.1 Å². The van der Waals surface area contributed by atoms with Gasteiger partial charge in [-0.3, -0.25) is 14.7 Å². The SMILES string of the molecule is O=C1C(=Cc2ccc3c(c2)OCCO3)SC(=NCCc2ccccc2)N1c1ccccc1. The Morgan fingerprint density at radius 3 is 2.41 bits per heavy atom. The van der Waals surface area contributed by atoms with E-state index in [1.165, 1.54) is 17.3 Å². The third-order valence-corrected chi connectivity index (χ3v) is 6.18. The van der Waals surface area contributed by atoms with Gasteiger partial charge < -0.3 is 9.47 Å². The first-order valence-electron chi connectivity index (χ1n) is 10.5. The lowest BCUT2D eigenvalue weighted by molar-refractivity contribution is -0.113. The fourth-order valence-electron chi connectivity index (χ4n) is 3.61. The lowest BCUT2D eigenvalue weighted by atomic mass is 10.1. The van der Waals surface area contributed by atoms with Gasteiger partial charge in [0, 0.05) is 6.54 Å². The maximum atomic E-state index is 13.3. The summed E-state index contributed by atoms with van der Waals surface area (Å²) in [5.41, 5.74) is 2.93. The highest BCUT2D eigenvalue weighted by Gasteiger charge is 2.34. The predicted octanol–water partition coefficient (Wildman–Crippen LogP) is 5.18. The zero-order chi connectivity index (χ0) is 21.8. The van der Waals surface area contributed by atoms with Crippen molar-refractivity contribution >= 4 is 34.6 Å². The molecule has 0 atom stereocenters. The molecule has 2 heterocycles. The lowest BCUT2D eigenvalue weighted by Crippen LogP contribution is -2.29. The Morgan fingerprint density at radius 2 is 1.62 bits per heavy atom. The molecule has 5 rings (SSSR count). The van der Waals surface area contributed by atoms with Crippen LogP contribution in [0.3, 0.4) is 0 Å². The van der Waals surface area contributed by atoms with Gasteiger partial charge in [-0.25, -0.2) is 0 Å². The van der Waals surface area contributed by atoms with Gasteiger partial charge in [0.2, 0.25) is 0 Å². The number of amidine groups is 1. The van der Waals surface area contributed by atoms with Gasteiger partial charge in [-0.2, -0.15) is 0 Å². The number of carbonyl (C=O) groups is 1. The molecule has 0 saturated carbocycles. The van der Waals surface area contributed by atoms with Crippen LogP contribution in [-0.4, -0.2) is 30.8 Å². The van der Waals surface area contributed by atoms with Crippen molar-refractivity contribution in [1.82, 2.24) is 0 Å². The second-order valence-electron chi connectivity index (χ2n) is 7.39. The fourth-order valence-corrected chi connectivity index (χ4v) is 4.62. The number of carbonyl (C=O) groups excluding carboxylic acids is 1. The number of aliphatic imine (C=N–C) groups is 1. The highest BCUT2D eigenvalue weighted by molar-refractivity contribution is 8.19. The van der Waals surface area contributed by atoms with Crippen LogP contribution in [0.1, 0.15) is 11.1 Å². The summed E-state index contributed by atoms with van der Waals surface area (Å²) in [6.07, 6.45) is 2.71. The van der Waals surface area contributed by atoms with Crippen molar-refractivity contribution in [3.05, 3.63) is 94.9 Å². The number of fused-ring (bicyclic) bond motifs is 1. The van der Waals surface area contributed by atoms with Crippen LogP contribution in [0, 0.1) is 0 Å². The van der Waals surface area contributed by atoms with Crippen molar-refractivity contribution in [3.63, 3.8) is 0 Å². The van der Waals surface area contributed by atoms with E-state index in [1.807, 2.05) is 72.8 Å². The number of hydrogen-bond acceptors (Lipinski definition) is 5. The maximum absolute atomic E-state index is 13.3. The summed E-state index contributed by atoms with van der Waals surface area (Å²) in [5, 5.41) is 0.695. The Labute approximate surface area is 191 Å². The second-order valence-corrected chi connectivity index (χ2v) is 8.40. The van der Waals surface area contributed by atoms with Crippen molar-refractivity contribution in [2.75, 3.05) is 24.7 Å². The van der Waals surface area contributed by atoms with Crippen LogP contribution in [0.2, 0.25) is 0 Å². The number of ether oxygens (including phenoxy) is 2. The van der Waals surface area contributed by atoms with Crippen molar-refractivity contribution in [2.24, 2.45) is 4.99 Å². The minimum atomic E-state index is -0.0745. The Hall–Kier alpha value is -3.51.